The van der Waals surface area contributed by atoms with Crippen LogP contribution in [-0.2, 0) is 0 Å². The maximum Gasteiger partial charge on any atom is 0.193 e. The van der Waals surface area contributed by atoms with Crippen molar-refractivity contribution in [1.82, 2.24) is 15.1 Å². The Labute approximate surface area is 120 Å². The Morgan fingerprint density at radius 1 is 1.11 bits per heavy atom. The maximum absolute atomic E-state index is 4.32. The van der Waals surface area contributed by atoms with Gasteiger partial charge in [0.15, 0.2) is 5.96 Å². The second-order valence-corrected chi connectivity index (χ2v) is 5.53. The van der Waals surface area contributed by atoms with Crippen molar-refractivity contribution in [3.05, 3.63) is 0 Å². The van der Waals surface area contributed by atoms with E-state index in [-0.39, 0.29) is 0 Å². The van der Waals surface area contributed by atoms with Gasteiger partial charge < -0.3 is 15.1 Å². The molecular formula is C15H34N4. The third kappa shape index (κ3) is 8.87. The number of hydrogen-bond acceptors (Lipinski definition) is 2. The van der Waals surface area contributed by atoms with Gasteiger partial charge in [-0.15, -0.1) is 0 Å². The summed E-state index contributed by atoms with van der Waals surface area (Å²) in [4.78, 5) is 8.93. The number of hydrogen-bond donors (Lipinski definition) is 1. The molecule has 0 heterocycles. The minimum Gasteiger partial charge on any atom is -0.356 e. The fourth-order valence-electron chi connectivity index (χ4n) is 1.83. The lowest BCUT2D eigenvalue weighted by Crippen LogP contribution is -2.40. The Morgan fingerprint density at radius 2 is 1.79 bits per heavy atom. The van der Waals surface area contributed by atoms with E-state index in [2.05, 4.69) is 55.0 Å². The van der Waals surface area contributed by atoms with E-state index in [1.807, 2.05) is 7.05 Å². The van der Waals surface area contributed by atoms with Crippen molar-refractivity contribution in [2.75, 3.05) is 40.8 Å². The highest BCUT2D eigenvalue weighted by molar-refractivity contribution is 5.79. The zero-order chi connectivity index (χ0) is 14.7. The summed E-state index contributed by atoms with van der Waals surface area (Å²) >= 11 is 0. The molecule has 4 nitrogen and oxygen atoms in total. The second-order valence-electron chi connectivity index (χ2n) is 5.53. The van der Waals surface area contributed by atoms with E-state index in [9.17, 15) is 0 Å². The molecule has 0 bridgehead atoms. The largest absolute Gasteiger partial charge is 0.356 e. The zero-order valence-corrected chi connectivity index (χ0v) is 13.9. The molecule has 0 fully saturated rings. The Bertz CT molecular complexity index is 238. The molecule has 0 radical (unpaired) electrons. The minimum atomic E-state index is 0.640. The van der Waals surface area contributed by atoms with Gasteiger partial charge >= 0.3 is 0 Å². The summed E-state index contributed by atoms with van der Waals surface area (Å²) in [5.41, 5.74) is 0. The van der Waals surface area contributed by atoms with Crippen LogP contribution in [0.25, 0.3) is 0 Å². The first-order chi connectivity index (χ1) is 9.02. The molecule has 0 aromatic rings. The third-order valence-corrected chi connectivity index (χ3v) is 3.52. The van der Waals surface area contributed by atoms with Crippen LogP contribution in [0.1, 0.15) is 46.5 Å². The van der Waals surface area contributed by atoms with Gasteiger partial charge in [-0.3, -0.25) is 4.99 Å². The fraction of sp³-hybridized carbons (Fsp3) is 0.933. The van der Waals surface area contributed by atoms with Crippen molar-refractivity contribution >= 4 is 5.96 Å². The van der Waals surface area contributed by atoms with Crippen LogP contribution in [0.4, 0.5) is 0 Å². The molecule has 0 amide bonds. The van der Waals surface area contributed by atoms with Crippen LogP contribution in [-0.4, -0.2) is 62.6 Å². The Hall–Kier alpha value is -0.770. The van der Waals surface area contributed by atoms with Gasteiger partial charge in [-0.25, -0.2) is 0 Å². The van der Waals surface area contributed by atoms with Gasteiger partial charge in [0.05, 0.1) is 0 Å². The summed E-state index contributed by atoms with van der Waals surface area (Å²) in [7, 11) is 6.16. The summed E-state index contributed by atoms with van der Waals surface area (Å²) in [5.74, 6) is 1.02. The molecule has 0 unspecified atom stereocenters. The van der Waals surface area contributed by atoms with Gasteiger partial charge in [-0.1, -0.05) is 13.3 Å². The van der Waals surface area contributed by atoms with E-state index in [1.165, 1.54) is 32.2 Å². The smallest absolute Gasteiger partial charge is 0.193 e. The van der Waals surface area contributed by atoms with Gasteiger partial charge in [0.1, 0.15) is 0 Å². The summed E-state index contributed by atoms with van der Waals surface area (Å²) in [6, 6.07) is 0.640. The average molecular weight is 270 g/mol. The standard InChI is InChI=1S/C15H34N4/c1-7-8-12-19(6)15(16-4)17-11-9-10-13-18(5)14(2)3/h14H,7-13H2,1-6H3,(H,16,17). The van der Waals surface area contributed by atoms with E-state index < -0.39 is 0 Å². The predicted molar refractivity (Wildman–Crippen MR) is 85.9 cm³/mol. The first kappa shape index (κ1) is 18.2. The van der Waals surface area contributed by atoms with Gasteiger partial charge in [0.25, 0.3) is 0 Å². The van der Waals surface area contributed by atoms with Gasteiger partial charge in [0, 0.05) is 33.2 Å². The van der Waals surface area contributed by atoms with Gasteiger partial charge in [-0.2, -0.15) is 0 Å². The van der Waals surface area contributed by atoms with E-state index in [0.717, 1.165) is 19.0 Å². The number of nitrogens with one attached hydrogen (secondary N) is 1. The highest BCUT2D eigenvalue weighted by atomic mass is 15.3. The van der Waals surface area contributed by atoms with Crippen LogP contribution in [0, 0.1) is 0 Å². The topological polar surface area (TPSA) is 30.9 Å². The SMILES string of the molecule is CCCCN(C)C(=NC)NCCCCN(C)C(C)C. The van der Waals surface area contributed by atoms with Crippen molar-refractivity contribution in [1.29, 1.82) is 0 Å². The molecule has 0 aliphatic heterocycles. The van der Waals surface area contributed by atoms with E-state index >= 15 is 0 Å². The molecule has 1 N–H and O–H groups in total. The fourth-order valence-corrected chi connectivity index (χ4v) is 1.83. The quantitative estimate of drug-likeness (QED) is 0.396. The van der Waals surface area contributed by atoms with E-state index in [4.69, 9.17) is 0 Å². The average Bonchev–Trinajstić information content (AvgIpc) is 2.39. The van der Waals surface area contributed by atoms with Crippen molar-refractivity contribution in [3.63, 3.8) is 0 Å². The lowest BCUT2D eigenvalue weighted by atomic mass is 10.2. The lowest BCUT2D eigenvalue weighted by molar-refractivity contribution is 0.268. The molecule has 0 aromatic carbocycles. The van der Waals surface area contributed by atoms with Crippen LogP contribution in [0.2, 0.25) is 0 Å². The Morgan fingerprint density at radius 3 is 2.32 bits per heavy atom. The van der Waals surface area contributed by atoms with Crippen LogP contribution >= 0.6 is 0 Å². The predicted octanol–water partition coefficient (Wildman–Crippen LogP) is 2.41. The molecular weight excluding hydrogens is 236 g/mol. The number of rotatable bonds is 9. The lowest BCUT2D eigenvalue weighted by Gasteiger charge is -2.23. The van der Waals surface area contributed by atoms with Gasteiger partial charge in [-0.05, 0) is 46.7 Å². The Balaban J connectivity index is 3.73. The minimum absolute atomic E-state index is 0.640. The molecule has 114 valence electrons. The van der Waals surface area contributed by atoms with Crippen LogP contribution in [0.15, 0.2) is 4.99 Å². The highest BCUT2D eigenvalue weighted by Crippen LogP contribution is 1.98. The molecule has 0 aromatic heterocycles. The second kappa shape index (κ2) is 11.1. The first-order valence-corrected chi connectivity index (χ1v) is 7.64. The molecule has 0 saturated heterocycles. The first-order valence-electron chi connectivity index (χ1n) is 7.64. The van der Waals surface area contributed by atoms with Crippen molar-refractivity contribution in [2.24, 2.45) is 4.99 Å². The van der Waals surface area contributed by atoms with Crippen LogP contribution in [0.3, 0.4) is 0 Å². The van der Waals surface area contributed by atoms with Crippen LogP contribution in [0.5, 0.6) is 0 Å². The molecule has 0 aliphatic carbocycles. The normalized spacial score (nSPS) is 12.3. The number of aliphatic imine (C=N–C) groups is 1. The molecule has 0 aliphatic rings. The summed E-state index contributed by atoms with van der Waals surface area (Å²) in [6.45, 7) is 9.95. The molecule has 0 spiro atoms. The molecule has 19 heavy (non-hydrogen) atoms. The number of guanidine groups is 1. The summed E-state index contributed by atoms with van der Waals surface area (Å²) < 4.78 is 0. The number of unbranched alkanes of at least 4 members (excludes halogenated alkanes) is 2. The number of nitrogens with zero attached hydrogens (tertiary/aromatic N) is 3. The van der Waals surface area contributed by atoms with Crippen molar-refractivity contribution in [3.8, 4) is 0 Å². The van der Waals surface area contributed by atoms with Crippen molar-refractivity contribution in [2.45, 2.75) is 52.5 Å². The zero-order valence-electron chi connectivity index (χ0n) is 13.9. The molecule has 0 atom stereocenters. The Kier molecular flexibility index (Phi) is 10.6. The van der Waals surface area contributed by atoms with E-state index in [1.54, 1.807) is 0 Å². The maximum atomic E-state index is 4.32. The third-order valence-electron chi connectivity index (χ3n) is 3.52. The molecule has 0 saturated carbocycles. The van der Waals surface area contributed by atoms with Crippen molar-refractivity contribution < 1.29 is 0 Å². The van der Waals surface area contributed by atoms with E-state index in [0.29, 0.717) is 6.04 Å². The van der Waals surface area contributed by atoms with Crippen LogP contribution < -0.4 is 5.32 Å². The summed E-state index contributed by atoms with van der Waals surface area (Å²) in [5, 5.41) is 3.44. The molecule has 4 heteroatoms. The monoisotopic (exact) mass is 270 g/mol. The highest BCUT2D eigenvalue weighted by Gasteiger charge is 2.05. The van der Waals surface area contributed by atoms with Gasteiger partial charge in [0.2, 0.25) is 0 Å². The molecule has 0 rings (SSSR count). The summed E-state index contributed by atoms with van der Waals surface area (Å²) in [6.07, 6.45) is 4.87.